The van der Waals surface area contributed by atoms with Crippen LogP contribution in [-0.4, -0.2) is 5.91 Å². The highest BCUT2D eigenvalue weighted by atomic mass is 35.5. The highest BCUT2D eigenvalue weighted by Gasteiger charge is 2.05. The molecule has 18 heavy (non-hydrogen) atoms. The van der Waals surface area contributed by atoms with Gasteiger partial charge in [-0.25, -0.2) is 0 Å². The van der Waals surface area contributed by atoms with E-state index >= 15 is 0 Å². The molecule has 0 saturated heterocycles. The van der Waals surface area contributed by atoms with Crippen LogP contribution < -0.4 is 5.32 Å². The van der Waals surface area contributed by atoms with Crippen molar-refractivity contribution in [3.63, 3.8) is 0 Å². The van der Waals surface area contributed by atoms with Crippen molar-refractivity contribution in [2.24, 2.45) is 0 Å². The zero-order valence-electron chi connectivity index (χ0n) is 10.1. The summed E-state index contributed by atoms with van der Waals surface area (Å²) in [6, 6.07) is 15.0. The van der Waals surface area contributed by atoms with Crippen LogP contribution in [0.1, 0.15) is 21.5 Å². The van der Waals surface area contributed by atoms with Crippen molar-refractivity contribution in [2.75, 3.05) is 5.32 Å². The van der Waals surface area contributed by atoms with E-state index in [-0.39, 0.29) is 5.91 Å². The number of benzene rings is 2. The Kier molecular flexibility index (Phi) is 4.00. The van der Waals surface area contributed by atoms with E-state index in [1.165, 1.54) is 0 Å². The summed E-state index contributed by atoms with van der Waals surface area (Å²) in [7, 11) is 0. The number of halogens is 1. The Bertz CT molecular complexity index is 549. The molecule has 1 N–H and O–H groups in total. The molecule has 0 fully saturated rings. The Balaban J connectivity index is 2.13. The molecule has 0 aromatic heterocycles. The fourth-order valence-electron chi connectivity index (χ4n) is 1.64. The van der Waals surface area contributed by atoms with Crippen LogP contribution in [0.2, 0.25) is 0 Å². The summed E-state index contributed by atoms with van der Waals surface area (Å²) in [6.45, 7) is 1.99. The molecule has 0 aliphatic carbocycles. The molecule has 92 valence electrons. The Labute approximate surface area is 112 Å². The molecule has 0 radical (unpaired) electrons. The fourth-order valence-corrected chi connectivity index (χ4v) is 1.81. The molecule has 0 aliphatic rings. The number of hydrogen-bond donors (Lipinski definition) is 1. The number of anilines is 1. The van der Waals surface area contributed by atoms with Gasteiger partial charge in [0, 0.05) is 17.1 Å². The van der Waals surface area contributed by atoms with Crippen molar-refractivity contribution < 1.29 is 4.79 Å². The second-order valence-electron chi connectivity index (χ2n) is 4.15. The molecule has 0 bridgehead atoms. The van der Waals surface area contributed by atoms with Gasteiger partial charge in [0.05, 0.1) is 0 Å². The zero-order chi connectivity index (χ0) is 13.0. The fraction of sp³-hybridized carbons (Fsp3) is 0.133. The topological polar surface area (TPSA) is 29.1 Å². The Morgan fingerprint density at radius 2 is 1.89 bits per heavy atom. The van der Waals surface area contributed by atoms with E-state index in [2.05, 4.69) is 5.32 Å². The average molecular weight is 260 g/mol. The molecule has 0 unspecified atom stereocenters. The normalized spacial score (nSPS) is 10.1. The summed E-state index contributed by atoms with van der Waals surface area (Å²) in [5.41, 5.74) is 3.53. The quantitative estimate of drug-likeness (QED) is 0.830. The third-order valence-corrected chi connectivity index (χ3v) is 2.96. The van der Waals surface area contributed by atoms with Crippen LogP contribution in [-0.2, 0) is 5.88 Å². The number of rotatable bonds is 3. The average Bonchev–Trinajstić information content (AvgIpc) is 2.39. The molecule has 1 amide bonds. The van der Waals surface area contributed by atoms with Crippen LogP contribution in [0.4, 0.5) is 5.69 Å². The summed E-state index contributed by atoms with van der Waals surface area (Å²) in [5.74, 6) is 0.329. The third kappa shape index (κ3) is 3.11. The molecule has 2 nitrogen and oxygen atoms in total. The minimum absolute atomic E-state index is 0.110. The van der Waals surface area contributed by atoms with Crippen molar-refractivity contribution in [3.05, 3.63) is 65.2 Å². The molecule has 0 atom stereocenters. The Hall–Kier alpha value is -1.80. The van der Waals surface area contributed by atoms with E-state index < -0.39 is 0 Å². The lowest BCUT2D eigenvalue weighted by Crippen LogP contribution is -2.11. The summed E-state index contributed by atoms with van der Waals surface area (Å²) >= 11 is 5.76. The summed E-state index contributed by atoms with van der Waals surface area (Å²) in [6.07, 6.45) is 0. The number of nitrogens with one attached hydrogen (secondary N) is 1. The molecule has 0 heterocycles. The number of alkyl halides is 1. The van der Waals surface area contributed by atoms with Crippen molar-refractivity contribution in [1.29, 1.82) is 0 Å². The maximum atomic E-state index is 12.0. The zero-order valence-corrected chi connectivity index (χ0v) is 10.9. The van der Waals surface area contributed by atoms with Crippen molar-refractivity contribution in [2.45, 2.75) is 12.8 Å². The van der Waals surface area contributed by atoms with Crippen LogP contribution in [0.15, 0.2) is 48.5 Å². The molecule has 0 saturated carbocycles. The van der Waals surface area contributed by atoms with Gasteiger partial charge in [0.2, 0.25) is 0 Å². The van der Waals surface area contributed by atoms with Gasteiger partial charge in [0.25, 0.3) is 5.91 Å². The molecule has 2 aromatic rings. The van der Waals surface area contributed by atoms with Crippen LogP contribution in [0.5, 0.6) is 0 Å². The van der Waals surface area contributed by atoms with E-state index in [9.17, 15) is 4.79 Å². The van der Waals surface area contributed by atoms with Gasteiger partial charge in [0.15, 0.2) is 0 Å². The number of carbonyl (C=O) groups is 1. The second-order valence-corrected chi connectivity index (χ2v) is 4.42. The van der Waals surface area contributed by atoms with E-state index in [1.807, 2.05) is 55.5 Å². The van der Waals surface area contributed by atoms with Crippen LogP contribution >= 0.6 is 11.6 Å². The van der Waals surface area contributed by atoms with Crippen LogP contribution in [0, 0.1) is 6.92 Å². The van der Waals surface area contributed by atoms with E-state index in [1.54, 1.807) is 0 Å². The van der Waals surface area contributed by atoms with Gasteiger partial charge >= 0.3 is 0 Å². The summed E-state index contributed by atoms with van der Waals surface area (Å²) < 4.78 is 0. The van der Waals surface area contributed by atoms with E-state index in [4.69, 9.17) is 11.6 Å². The van der Waals surface area contributed by atoms with Crippen molar-refractivity contribution in [3.8, 4) is 0 Å². The van der Waals surface area contributed by atoms with Crippen molar-refractivity contribution >= 4 is 23.2 Å². The molecule has 3 heteroatoms. The van der Waals surface area contributed by atoms with Gasteiger partial charge in [-0.15, -0.1) is 11.6 Å². The monoisotopic (exact) mass is 259 g/mol. The third-order valence-electron chi connectivity index (χ3n) is 2.65. The van der Waals surface area contributed by atoms with Gasteiger partial charge in [-0.3, -0.25) is 4.79 Å². The number of carbonyl (C=O) groups excluding carboxylic acids is 1. The number of amides is 1. The maximum absolute atomic E-state index is 12.0. The first-order valence-corrected chi connectivity index (χ1v) is 6.25. The van der Waals surface area contributed by atoms with E-state index in [0.29, 0.717) is 11.4 Å². The van der Waals surface area contributed by atoms with Gasteiger partial charge in [-0.05, 0) is 36.8 Å². The lowest BCUT2D eigenvalue weighted by atomic mass is 10.1. The molecule has 2 rings (SSSR count). The Morgan fingerprint density at radius 1 is 1.17 bits per heavy atom. The molecular weight excluding hydrogens is 246 g/mol. The predicted octanol–water partition coefficient (Wildman–Crippen LogP) is 3.99. The van der Waals surface area contributed by atoms with Gasteiger partial charge in [-0.1, -0.05) is 29.8 Å². The molecule has 0 spiro atoms. The first-order valence-electron chi connectivity index (χ1n) is 5.72. The van der Waals surface area contributed by atoms with Crippen LogP contribution in [0.3, 0.4) is 0 Å². The highest BCUT2D eigenvalue weighted by Crippen LogP contribution is 2.14. The van der Waals surface area contributed by atoms with Gasteiger partial charge in [0.1, 0.15) is 0 Å². The Morgan fingerprint density at radius 3 is 2.56 bits per heavy atom. The highest BCUT2D eigenvalue weighted by molar-refractivity contribution is 6.17. The van der Waals surface area contributed by atoms with Gasteiger partial charge < -0.3 is 5.32 Å². The summed E-state index contributed by atoms with van der Waals surface area (Å²) in [5, 5.41) is 2.85. The lowest BCUT2D eigenvalue weighted by molar-refractivity contribution is 0.102. The number of aryl methyl sites for hydroxylation is 1. The molecular formula is C15H14ClNO. The van der Waals surface area contributed by atoms with E-state index in [0.717, 1.165) is 16.8 Å². The minimum Gasteiger partial charge on any atom is -0.322 e. The SMILES string of the molecule is Cc1ccc(C(=O)Nc2cccc(CCl)c2)cc1. The largest absolute Gasteiger partial charge is 0.322 e. The van der Waals surface area contributed by atoms with Crippen LogP contribution in [0.25, 0.3) is 0 Å². The number of hydrogen-bond acceptors (Lipinski definition) is 1. The lowest BCUT2D eigenvalue weighted by Gasteiger charge is -2.06. The first-order chi connectivity index (χ1) is 8.69. The standard InChI is InChI=1S/C15H14ClNO/c1-11-5-7-13(8-6-11)15(18)17-14-4-2-3-12(9-14)10-16/h2-9H,10H2,1H3,(H,17,18). The smallest absolute Gasteiger partial charge is 0.255 e. The summed E-state index contributed by atoms with van der Waals surface area (Å²) in [4.78, 5) is 12.0. The van der Waals surface area contributed by atoms with Crippen molar-refractivity contribution in [1.82, 2.24) is 0 Å². The molecule has 2 aromatic carbocycles. The minimum atomic E-state index is -0.110. The second kappa shape index (κ2) is 5.69. The predicted molar refractivity (Wildman–Crippen MR) is 75.1 cm³/mol. The molecule has 0 aliphatic heterocycles. The first kappa shape index (κ1) is 12.7. The maximum Gasteiger partial charge on any atom is 0.255 e. The van der Waals surface area contributed by atoms with Gasteiger partial charge in [-0.2, -0.15) is 0 Å².